The smallest absolute Gasteiger partial charge is 0.407 e. The van der Waals surface area contributed by atoms with E-state index in [9.17, 15) is 9.59 Å². The molecule has 2 aliphatic heterocycles. The summed E-state index contributed by atoms with van der Waals surface area (Å²) in [7, 11) is 0. The molecule has 2 amide bonds. The van der Waals surface area contributed by atoms with Crippen LogP contribution in [0.15, 0.2) is 48.5 Å². The molecule has 0 spiro atoms. The van der Waals surface area contributed by atoms with Crippen LogP contribution >= 0.6 is 0 Å². The van der Waals surface area contributed by atoms with Gasteiger partial charge >= 0.3 is 6.09 Å². The Balaban J connectivity index is 1.27. The van der Waals surface area contributed by atoms with E-state index in [-0.39, 0.29) is 24.0 Å². The fraction of sp³-hybridized carbons (Fsp3) is 0.391. The molecule has 2 aliphatic rings. The Hall–Kier alpha value is -2.86. The van der Waals surface area contributed by atoms with Crippen molar-refractivity contribution >= 4 is 17.7 Å². The van der Waals surface area contributed by atoms with Crippen molar-refractivity contribution < 1.29 is 14.3 Å². The highest BCUT2D eigenvalue weighted by Gasteiger charge is 2.29. The van der Waals surface area contributed by atoms with E-state index in [4.69, 9.17) is 4.74 Å². The first-order valence-corrected chi connectivity index (χ1v) is 10.2. The van der Waals surface area contributed by atoms with E-state index in [1.54, 1.807) is 0 Å². The van der Waals surface area contributed by atoms with Crippen molar-refractivity contribution in [3.05, 3.63) is 54.1 Å². The van der Waals surface area contributed by atoms with Gasteiger partial charge in [-0.05, 0) is 56.1 Å². The lowest BCUT2D eigenvalue weighted by atomic mass is 9.95. The fourth-order valence-electron chi connectivity index (χ4n) is 4.01. The first-order chi connectivity index (χ1) is 14.1. The number of cyclic esters (lactones) is 1. The summed E-state index contributed by atoms with van der Waals surface area (Å²) in [5.74, 6) is 0.105. The first kappa shape index (κ1) is 19.5. The predicted molar refractivity (Wildman–Crippen MR) is 113 cm³/mol. The van der Waals surface area contributed by atoms with Gasteiger partial charge in [-0.15, -0.1) is 0 Å². The Bertz CT molecular complexity index is 873. The normalized spacial score (nSPS) is 20.2. The number of carbonyl (C=O) groups is 2. The summed E-state index contributed by atoms with van der Waals surface area (Å²) in [5.41, 5.74) is 4.38. The molecule has 29 heavy (non-hydrogen) atoms. The lowest BCUT2D eigenvalue weighted by Crippen LogP contribution is -2.42. The Kier molecular flexibility index (Phi) is 5.81. The van der Waals surface area contributed by atoms with Crippen LogP contribution in [0.25, 0.3) is 11.1 Å². The Morgan fingerprint density at radius 2 is 1.90 bits per heavy atom. The minimum Gasteiger partial charge on any atom is -0.443 e. The average molecular weight is 393 g/mol. The number of likely N-dealkylation sites (tertiary alicyclic amines) is 1. The molecule has 1 atom stereocenters. The summed E-state index contributed by atoms with van der Waals surface area (Å²) in [5, 5.41) is 5.74. The van der Waals surface area contributed by atoms with Crippen LogP contribution in [0.4, 0.5) is 10.5 Å². The molecule has 2 fully saturated rings. The number of aryl methyl sites for hydroxylation is 1. The summed E-state index contributed by atoms with van der Waals surface area (Å²) in [4.78, 5) is 26.0. The molecule has 0 aliphatic carbocycles. The third kappa shape index (κ3) is 4.95. The fourth-order valence-corrected chi connectivity index (χ4v) is 4.01. The van der Waals surface area contributed by atoms with Crippen LogP contribution in [-0.4, -0.2) is 49.2 Å². The number of alkyl carbamates (subject to hydrolysis) is 1. The molecular weight excluding hydrogens is 366 g/mol. The van der Waals surface area contributed by atoms with E-state index in [0.717, 1.165) is 43.7 Å². The van der Waals surface area contributed by atoms with Crippen molar-refractivity contribution in [2.24, 2.45) is 5.92 Å². The highest BCUT2D eigenvalue weighted by molar-refractivity contribution is 5.92. The molecule has 0 bridgehead atoms. The summed E-state index contributed by atoms with van der Waals surface area (Å²) < 4.78 is 5.19. The third-order valence-corrected chi connectivity index (χ3v) is 5.67. The molecule has 4 rings (SSSR count). The first-order valence-electron chi connectivity index (χ1n) is 10.2. The van der Waals surface area contributed by atoms with Gasteiger partial charge in [-0.3, -0.25) is 9.69 Å². The molecule has 6 nitrogen and oxygen atoms in total. The second-order valence-corrected chi connectivity index (χ2v) is 7.92. The molecule has 0 unspecified atom stereocenters. The van der Waals surface area contributed by atoms with Gasteiger partial charge < -0.3 is 15.4 Å². The molecule has 2 saturated heterocycles. The maximum atomic E-state index is 12.7. The molecule has 0 radical (unpaired) electrons. The molecule has 6 heteroatoms. The minimum atomic E-state index is -0.335. The summed E-state index contributed by atoms with van der Waals surface area (Å²) in [6, 6.07) is 16.4. The third-order valence-electron chi connectivity index (χ3n) is 5.67. The summed E-state index contributed by atoms with van der Waals surface area (Å²) in [6.07, 6.45) is 1.22. The lowest BCUT2D eigenvalue weighted by Gasteiger charge is -2.32. The van der Waals surface area contributed by atoms with Crippen LogP contribution < -0.4 is 10.6 Å². The van der Waals surface area contributed by atoms with Gasteiger partial charge in [0, 0.05) is 18.2 Å². The number of hydrogen-bond acceptors (Lipinski definition) is 4. The highest BCUT2D eigenvalue weighted by atomic mass is 16.6. The van der Waals surface area contributed by atoms with E-state index in [1.165, 1.54) is 11.1 Å². The van der Waals surface area contributed by atoms with Crippen molar-refractivity contribution in [2.75, 3.05) is 31.5 Å². The number of ether oxygens (including phenoxy) is 1. The van der Waals surface area contributed by atoms with Crippen molar-refractivity contribution in [3.63, 3.8) is 0 Å². The molecule has 0 saturated carbocycles. The number of rotatable bonds is 5. The number of carbonyl (C=O) groups excluding carboxylic acids is 2. The van der Waals surface area contributed by atoms with Gasteiger partial charge in [0.15, 0.2) is 0 Å². The number of amides is 2. The number of nitrogens with one attached hydrogen (secondary N) is 2. The maximum absolute atomic E-state index is 12.7. The van der Waals surface area contributed by atoms with Gasteiger partial charge in [0.25, 0.3) is 0 Å². The van der Waals surface area contributed by atoms with E-state index >= 15 is 0 Å². The monoisotopic (exact) mass is 393 g/mol. The molecule has 2 heterocycles. The number of nitrogens with zero attached hydrogens (tertiary/aromatic N) is 1. The average Bonchev–Trinajstić information content (AvgIpc) is 3.13. The van der Waals surface area contributed by atoms with Crippen molar-refractivity contribution in [1.82, 2.24) is 10.2 Å². The van der Waals surface area contributed by atoms with E-state index in [1.807, 2.05) is 24.3 Å². The molecule has 2 N–H and O–H groups in total. The van der Waals surface area contributed by atoms with Crippen LogP contribution in [0.1, 0.15) is 18.4 Å². The van der Waals surface area contributed by atoms with Gasteiger partial charge in [0.2, 0.25) is 5.91 Å². The Morgan fingerprint density at radius 1 is 1.14 bits per heavy atom. The van der Waals surface area contributed by atoms with Gasteiger partial charge in [0.05, 0.1) is 6.54 Å². The summed E-state index contributed by atoms with van der Waals surface area (Å²) in [6.45, 7) is 5.07. The predicted octanol–water partition coefficient (Wildman–Crippen LogP) is 3.42. The molecule has 2 aromatic rings. The van der Waals surface area contributed by atoms with E-state index in [2.05, 4.69) is 46.7 Å². The van der Waals surface area contributed by atoms with Crippen LogP contribution in [-0.2, 0) is 9.53 Å². The highest BCUT2D eigenvalue weighted by Crippen LogP contribution is 2.24. The van der Waals surface area contributed by atoms with Gasteiger partial charge in [0.1, 0.15) is 6.10 Å². The van der Waals surface area contributed by atoms with E-state index in [0.29, 0.717) is 6.54 Å². The molecule has 0 aromatic heterocycles. The second-order valence-electron chi connectivity index (χ2n) is 7.92. The van der Waals surface area contributed by atoms with E-state index < -0.39 is 0 Å². The topological polar surface area (TPSA) is 70.7 Å². The quantitative estimate of drug-likeness (QED) is 0.817. The van der Waals surface area contributed by atoms with Crippen LogP contribution in [0, 0.1) is 12.8 Å². The zero-order valence-electron chi connectivity index (χ0n) is 16.7. The zero-order valence-corrected chi connectivity index (χ0v) is 16.7. The van der Waals surface area contributed by atoms with Gasteiger partial charge in [-0.2, -0.15) is 0 Å². The van der Waals surface area contributed by atoms with Crippen molar-refractivity contribution in [1.29, 1.82) is 0 Å². The standard InChI is InChI=1S/C23H27N3O3/c1-16-3-2-4-19(13-16)17-5-7-20(8-6-17)25-22(27)18-9-11-26(12-10-18)15-21-14-24-23(28)29-21/h2-8,13,18,21H,9-12,14-15H2,1H3,(H,24,28)(H,25,27)/t21-/m0/s1. The molecule has 2 aromatic carbocycles. The van der Waals surface area contributed by atoms with Gasteiger partial charge in [-0.1, -0.05) is 42.0 Å². The number of piperidine rings is 1. The summed E-state index contributed by atoms with van der Waals surface area (Å²) >= 11 is 0. The zero-order chi connectivity index (χ0) is 20.2. The minimum absolute atomic E-state index is 0.0203. The lowest BCUT2D eigenvalue weighted by molar-refractivity contribution is -0.121. The molecule has 152 valence electrons. The largest absolute Gasteiger partial charge is 0.443 e. The number of anilines is 1. The second kappa shape index (κ2) is 8.66. The van der Waals surface area contributed by atoms with Crippen molar-refractivity contribution in [3.8, 4) is 11.1 Å². The van der Waals surface area contributed by atoms with Gasteiger partial charge in [-0.25, -0.2) is 4.79 Å². The Labute approximate surface area is 171 Å². The Morgan fingerprint density at radius 3 is 2.55 bits per heavy atom. The van der Waals surface area contributed by atoms with Crippen molar-refractivity contribution in [2.45, 2.75) is 25.9 Å². The maximum Gasteiger partial charge on any atom is 0.407 e. The van der Waals surface area contributed by atoms with Crippen LogP contribution in [0.2, 0.25) is 0 Å². The van der Waals surface area contributed by atoms with Crippen LogP contribution in [0.5, 0.6) is 0 Å². The molecular formula is C23H27N3O3. The number of benzene rings is 2. The number of hydrogen-bond donors (Lipinski definition) is 2. The van der Waals surface area contributed by atoms with Crippen LogP contribution in [0.3, 0.4) is 0 Å². The SMILES string of the molecule is Cc1cccc(-c2ccc(NC(=O)C3CCN(C[C@@H]4CNC(=O)O4)CC3)cc2)c1.